The molecule has 0 atom stereocenters. The molecule has 0 bridgehead atoms. The highest BCUT2D eigenvalue weighted by atomic mass is 15.2. The molecule has 13 heavy (non-hydrogen) atoms. The van der Waals surface area contributed by atoms with Crippen molar-refractivity contribution in [3.05, 3.63) is 41.1 Å². The summed E-state index contributed by atoms with van der Waals surface area (Å²) in [7, 11) is 0. The Kier molecular flexibility index (Phi) is 1.45. The second-order valence-corrected chi connectivity index (χ2v) is 3.86. The Bertz CT molecular complexity index is 365. The van der Waals surface area contributed by atoms with Crippen LogP contribution < -0.4 is 0 Å². The summed E-state index contributed by atoms with van der Waals surface area (Å²) < 4.78 is 0. The molecule has 0 amide bonds. The van der Waals surface area contributed by atoms with Crippen LogP contribution in [0.1, 0.15) is 24.0 Å². The molecule has 3 rings (SSSR count). The van der Waals surface area contributed by atoms with Crippen LogP contribution in [0.15, 0.2) is 30.0 Å². The monoisotopic (exact) mass is 171 g/mol. The van der Waals surface area contributed by atoms with Crippen molar-refractivity contribution < 1.29 is 0 Å². The fourth-order valence-corrected chi connectivity index (χ4v) is 2.30. The van der Waals surface area contributed by atoms with E-state index in [2.05, 4.69) is 35.2 Å². The quantitative estimate of drug-likeness (QED) is 0.580. The van der Waals surface area contributed by atoms with E-state index in [4.69, 9.17) is 0 Å². The molecule has 2 aliphatic rings. The van der Waals surface area contributed by atoms with E-state index in [1.54, 1.807) is 5.70 Å². The van der Waals surface area contributed by atoms with Crippen LogP contribution in [-0.2, 0) is 6.54 Å². The van der Waals surface area contributed by atoms with Crippen molar-refractivity contribution in [3.63, 3.8) is 0 Å². The van der Waals surface area contributed by atoms with Gasteiger partial charge in [-0.2, -0.15) is 0 Å². The second kappa shape index (κ2) is 2.63. The number of fused-ring (bicyclic) bond motifs is 2. The minimum absolute atomic E-state index is 1.13. The van der Waals surface area contributed by atoms with Gasteiger partial charge in [-0.1, -0.05) is 24.3 Å². The van der Waals surface area contributed by atoms with Gasteiger partial charge in [-0.15, -0.1) is 0 Å². The summed E-state index contributed by atoms with van der Waals surface area (Å²) in [6, 6.07) is 8.72. The van der Waals surface area contributed by atoms with Crippen LogP contribution in [0.25, 0.3) is 6.08 Å². The Hall–Kier alpha value is -1.24. The zero-order valence-electron chi connectivity index (χ0n) is 7.66. The average molecular weight is 171 g/mol. The Labute approximate surface area is 78.7 Å². The fraction of sp³-hybridized carbons (Fsp3) is 0.333. The van der Waals surface area contributed by atoms with Crippen molar-refractivity contribution in [1.82, 2.24) is 4.90 Å². The Morgan fingerprint density at radius 1 is 1.15 bits per heavy atom. The highest BCUT2D eigenvalue weighted by molar-refractivity contribution is 5.59. The topological polar surface area (TPSA) is 3.24 Å². The van der Waals surface area contributed by atoms with Gasteiger partial charge in [0.05, 0.1) is 0 Å². The van der Waals surface area contributed by atoms with Crippen LogP contribution in [-0.4, -0.2) is 11.4 Å². The van der Waals surface area contributed by atoms with E-state index in [-0.39, 0.29) is 0 Å². The highest BCUT2D eigenvalue weighted by Crippen LogP contribution is 2.31. The molecule has 1 heteroatoms. The first-order valence-corrected chi connectivity index (χ1v) is 4.97. The molecule has 1 nitrogen and oxygen atoms in total. The molecule has 66 valence electrons. The minimum atomic E-state index is 1.13. The molecule has 0 unspecified atom stereocenters. The molecular weight excluding hydrogens is 158 g/mol. The molecule has 0 N–H and O–H groups in total. The minimum Gasteiger partial charge on any atom is -0.370 e. The lowest BCUT2D eigenvalue weighted by molar-refractivity contribution is 0.384. The van der Waals surface area contributed by atoms with E-state index in [0.717, 1.165) is 6.54 Å². The highest BCUT2D eigenvalue weighted by Gasteiger charge is 2.21. The fourth-order valence-electron chi connectivity index (χ4n) is 2.30. The third kappa shape index (κ3) is 1.07. The molecule has 1 aromatic carbocycles. The summed E-state index contributed by atoms with van der Waals surface area (Å²) >= 11 is 0. The van der Waals surface area contributed by atoms with E-state index >= 15 is 0 Å². The van der Waals surface area contributed by atoms with Crippen molar-refractivity contribution >= 4 is 6.08 Å². The van der Waals surface area contributed by atoms with E-state index in [0.29, 0.717) is 0 Å². The number of benzene rings is 1. The summed E-state index contributed by atoms with van der Waals surface area (Å²) in [6.07, 6.45) is 4.96. The third-order valence-corrected chi connectivity index (χ3v) is 3.01. The van der Waals surface area contributed by atoms with Crippen LogP contribution in [0.2, 0.25) is 0 Å². The van der Waals surface area contributed by atoms with Crippen molar-refractivity contribution in [3.8, 4) is 0 Å². The summed E-state index contributed by atoms with van der Waals surface area (Å²) in [4.78, 5) is 2.50. The molecule has 1 fully saturated rings. The number of hydrogen-bond acceptors (Lipinski definition) is 1. The van der Waals surface area contributed by atoms with Crippen LogP contribution in [0, 0.1) is 0 Å². The predicted octanol–water partition coefficient (Wildman–Crippen LogP) is 2.64. The van der Waals surface area contributed by atoms with Gasteiger partial charge in [-0.25, -0.2) is 0 Å². The number of nitrogens with zero attached hydrogens (tertiary/aromatic N) is 1. The predicted molar refractivity (Wildman–Crippen MR) is 54.1 cm³/mol. The summed E-state index contributed by atoms with van der Waals surface area (Å²) in [5.74, 6) is 0. The van der Waals surface area contributed by atoms with Gasteiger partial charge in [0, 0.05) is 18.8 Å². The molecule has 0 aliphatic carbocycles. The molecular formula is C12H13N. The zero-order chi connectivity index (χ0) is 8.67. The Balaban J connectivity index is 2.10. The molecule has 0 radical (unpaired) electrons. The normalized spacial score (nSPS) is 19.4. The van der Waals surface area contributed by atoms with E-state index in [9.17, 15) is 0 Å². The van der Waals surface area contributed by atoms with E-state index in [1.807, 2.05) is 0 Å². The first-order valence-electron chi connectivity index (χ1n) is 4.97. The van der Waals surface area contributed by atoms with E-state index < -0.39 is 0 Å². The van der Waals surface area contributed by atoms with Crippen LogP contribution >= 0.6 is 0 Å². The SMILES string of the molecule is C1=C2CCCN2Cc2ccccc21. The maximum atomic E-state index is 2.50. The second-order valence-electron chi connectivity index (χ2n) is 3.86. The first kappa shape index (κ1) is 7.19. The van der Waals surface area contributed by atoms with E-state index in [1.165, 1.54) is 30.5 Å². The summed E-state index contributed by atoms with van der Waals surface area (Å²) in [5, 5.41) is 0. The lowest BCUT2D eigenvalue weighted by Gasteiger charge is -2.25. The Morgan fingerprint density at radius 2 is 2.08 bits per heavy atom. The first-order chi connectivity index (χ1) is 6.43. The van der Waals surface area contributed by atoms with Crippen LogP contribution in [0.4, 0.5) is 0 Å². The number of rotatable bonds is 0. The standard InChI is InChI=1S/C12H13N/c1-2-5-11-9-13-7-3-6-12(13)8-10(11)4-1/h1-2,4-5,8H,3,6-7,9H2. The van der Waals surface area contributed by atoms with Gasteiger partial charge in [0.15, 0.2) is 0 Å². The Morgan fingerprint density at radius 3 is 3.08 bits per heavy atom. The van der Waals surface area contributed by atoms with Gasteiger partial charge in [0.1, 0.15) is 0 Å². The van der Waals surface area contributed by atoms with Gasteiger partial charge < -0.3 is 4.90 Å². The van der Waals surface area contributed by atoms with Crippen molar-refractivity contribution in [2.75, 3.05) is 6.54 Å². The molecule has 0 saturated carbocycles. The molecule has 2 aliphatic heterocycles. The average Bonchev–Trinajstić information content (AvgIpc) is 2.61. The van der Waals surface area contributed by atoms with Crippen molar-refractivity contribution in [1.29, 1.82) is 0 Å². The molecule has 0 aromatic heterocycles. The van der Waals surface area contributed by atoms with Gasteiger partial charge in [-0.3, -0.25) is 0 Å². The maximum absolute atomic E-state index is 2.50. The van der Waals surface area contributed by atoms with Crippen LogP contribution in [0.3, 0.4) is 0 Å². The number of allylic oxidation sites excluding steroid dienone is 1. The van der Waals surface area contributed by atoms with Gasteiger partial charge >= 0.3 is 0 Å². The summed E-state index contributed by atoms with van der Waals surface area (Å²) in [5.41, 5.74) is 4.45. The smallest absolute Gasteiger partial charge is 0.0432 e. The molecule has 1 aromatic rings. The van der Waals surface area contributed by atoms with Crippen LogP contribution in [0.5, 0.6) is 0 Å². The lowest BCUT2D eigenvalue weighted by Crippen LogP contribution is -2.20. The summed E-state index contributed by atoms with van der Waals surface area (Å²) in [6.45, 7) is 2.38. The van der Waals surface area contributed by atoms with Gasteiger partial charge in [0.2, 0.25) is 0 Å². The number of hydrogen-bond donors (Lipinski definition) is 0. The largest absolute Gasteiger partial charge is 0.370 e. The van der Waals surface area contributed by atoms with Gasteiger partial charge in [0.25, 0.3) is 0 Å². The molecule has 1 saturated heterocycles. The third-order valence-electron chi connectivity index (χ3n) is 3.01. The van der Waals surface area contributed by atoms with Crippen molar-refractivity contribution in [2.24, 2.45) is 0 Å². The molecule has 2 heterocycles. The lowest BCUT2D eigenvalue weighted by atomic mass is 10.0. The molecule has 0 spiro atoms. The van der Waals surface area contributed by atoms with Crippen molar-refractivity contribution in [2.45, 2.75) is 19.4 Å². The maximum Gasteiger partial charge on any atom is 0.0432 e. The van der Waals surface area contributed by atoms with Gasteiger partial charge in [-0.05, 0) is 30.0 Å². The zero-order valence-corrected chi connectivity index (χ0v) is 7.66.